The molecule has 1 aromatic carbocycles. The van der Waals surface area contributed by atoms with E-state index >= 15 is 0 Å². The van der Waals surface area contributed by atoms with E-state index in [0.29, 0.717) is 11.5 Å². The molecule has 124 valence electrons. The molecule has 0 N–H and O–H groups in total. The van der Waals surface area contributed by atoms with Gasteiger partial charge >= 0.3 is 0 Å². The van der Waals surface area contributed by atoms with Crippen LogP contribution in [0.5, 0.6) is 5.75 Å². The van der Waals surface area contributed by atoms with Crippen LogP contribution in [0.1, 0.15) is 11.3 Å². The number of methoxy groups -OCH3 is 1. The van der Waals surface area contributed by atoms with E-state index in [-0.39, 0.29) is 0 Å². The fourth-order valence-corrected chi connectivity index (χ4v) is 2.90. The van der Waals surface area contributed by atoms with Gasteiger partial charge in [-0.1, -0.05) is 12.1 Å². The minimum Gasteiger partial charge on any atom is -0.497 e. The third kappa shape index (κ3) is 3.81. The van der Waals surface area contributed by atoms with Crippen molar-refractivity contribution in [3.63, 3.8) is 0 Å². The van der Waals surface area contributed by atoms with E-state index in [1.165, 1.54) is 5.56 Å². The van der Waals surface area contributed by atoms with Gasteiger partial charge in [0.25, 0.3) is 0 Å². The molecular formula is C18H21N5O. The Morgan fingerprint density at radius 2 is 1.79 bits per heavy atom. The highest BCUT2D eigenvalue weighted by Crippen LogP contribution is 2.17. The van der Waals surface area contributed by atoms with Crippen LogP contribution in [0, 0.1) is 11.3 Å². The molecule has 1 fully saturated rings. The Morgan fingerprint density at radius 3 is 2.46 bits per heavy atom. The first-order valence-electron chi connectivity index (χ1n) is 8.11. The summed E-state index contributed by atoms with van der Waals surface area (Å²) in [7, 11) is 1.68. The molecule has 0 amide bonds. The van der Waals surface area contributed by atoms with Crippen molar-refractivity contribution in [1.29, 1.82) is 5.26 Å². The summed E-state index contributed by atoms with van der Waals surface area (Å²) in [6.45, 7) is 4.72. The summed E-state index contributed by atoms with van der Waals surface area (Å²) < 4.78 is 5.19. The molecule has 1 aliphatic rings. The topological polar surface area (TPSA) is 65.3 Å². The van der Waals surface area contributed by atoms with Crippen molar-refractivity contribution in [1.82, 2.24) is 14.9 Å². The lowest BCUT2D eigenvalue weighted by atomic mass is 10.1. The molecule has 1 saturated heterocycles. The normalized spacial score (nSPS) is 15.1. The van der Waals surface area contributed by atoms with Gasteiger partial charge in [-0.25, -0.2) is 9.97 Å². The fourth-order valence-electron chi connectivity index (χ4n) is 2.90. The Balaban J connectivity index is 1.51. The number of benzene rings is 1. The van der Waals surface area contributed by atoms with Gasteiger partial charge in [0, 0.05) is 45.1 Å². The first kappa shape index (κ1) is 16.2. The Morgan fingerprint density at radius 1 is 1.08 bits per heavy atom. The Kier molecular flexibility index (Phi) is 5.24. The van der Waals surface area contributed by atoms with Crippen molar-refractivity contribution >= 4 is 5.82 Å². The zero-order valence-electron chi connectivity index (χ0n) is 13.9. The Labute approximate surface area is 142 Å². The number of piperazine rings is 1. The van der Waals surface area contributed by atoms with Crippen LogP contribution in [0.3, 0.4) is 0 Å². The van der Waals surface area contributed by atoms with Crippen LogP contribution in [-0.2, 0) is 6.42 Å². The van der Waals surface area contributed by atoms with Crippen molar-refractivity contribution in [2.75, 3.05) is 44.7 Å². The van der Waals surface area contributed by atoms with Gasteiger partial charge in [0.05, 0.1) is 7.11 Å². The molecule has 6 nitrogen and oxygen atoms in total. The monoisotopic (exact) mass is 323 g/mol. The van der Waals surface area contributed by atoms with Crippen molar-refractivity contribution in [2.45, 2.75) is 6.42 Å². The van der Waals surface area contributed by atoms with Gasteiger partial charge in [-0.05, 0) is 24.1 Å². The average Bonchev–Trinajstić information content (AvgIpc) is 2.67. The van der Waals surface area contributed by atoms with E-state index in [1.807, 2.05) is 12.1 Å². The number of rotatable bonds is 5. The summed E-state index contributed by atoms with van der Waals surface area (Å²) in [4.78, 5) is 13.0. The van der Waals surface area contributed by atoms with Crippen LogP contribution in [-0.4, -0.2) is 54.7 Å². The Bertz CT molecular complexity index is 702. The maximum Gasteiger partial charge on any atom is 0.183 e. The van der Waals surface area contributed by atoms with Crippen LogP contribution < -0.4 is 9.64 Å². The zero-order valence-corrected chi connectivity index (χ0v) is 13.9. The smallest absolute Gasteiger partial charge is 0.183 e. The molecule has 0 atom stereocenters. The molecule has 2 aromatic rings. The quantitative estimate of drug-likeness (QED) is 0.835. The molecule has 0 radical (unpaired) electrons. The maximum atomic E-state index is 9.15. The number of anilines is 1. The summed E-state index contributed by atoms with van der Waals surface area (Å²) in [6.07, 6.45) is 4.23. The SMILES string of the molecule is COc1ccc(CCN2CCN(c3nccnc3C#N)CC2)cc1. The molecular weight excluding hydrogens is 302 g/mol. The third-order valence-electron chi connectivity index (χ3n) is 4.33. The van der Waals surface area contributed by atoms with Gasteiger partial charge in [-0.15, -0.1) is 0 Å². The van der Waals surface area contributed by atoms with Gasteiger partial charge in [-0.3, -0.25) is 4.90 Å². The van der Waals surface area contributed by atoms with E-state index < -0.39 is 0 Å². The van der Waals surface area contributed by atoms with Gasteiger partial charge in [0.15, 0.2) is 11.5 Å². The van der Waals surface area contributed by atoms with E-state index in [9.17, 15) is 0 Å². The maximum absolute atomic E-state index is 9.15. The summed E-state index contributed by atoms with van der Waals surface area (Å²) in [6, 6.07) is 10.4. The molecule has 3 rings (SSSR count). The summed E-state index contributed by atoms with van der Waals surface area (Å²) >= 11 is 0. The lowest BCUT2D eigenvalue weighted by Gasteiger charge is -2.35. The molecule has 1 aromatic heterocycles. The molecule has 0 bridgehead atoms. The van der Waals surface area contributed by atoms with Crippen LogP contribution in [0.15, 0.2) is 36.7 Å². The number of aromatic nitrogens is 2. The van der Waals surface area contributed by atoms with Gasteiger partial charge < -0.3 is 9.64 Å². The second kappa shape index (κ2) is 7.75. The predicted octanol–water partition coefficient (Wildman–Crippen LogP) is 1.72. The van der Waals surface area contributed by atoms with Gasteiger partial charge in [0.2, 0.25) is 0 Å². The largest absolute Gasteiger partial charge is 0.497 e. The highest BCUT2D eigenvalue weighted by atomic mass is 16.5. The van der Waals surface area contributed by atoms with Gasteiger partial charge in [-0.2, -0.15) is 5.26 Å². The third-order valence-corrected chi connectivity index (χ3v) is 4.33. The standard InChI is InChI=1S/C18H21N5O/c1-24-16-4-2-15(3-5-16)6-9-22-10-12-23(13-11-22)18-17(14-19)20-7-8-21-18/h2-5,7-8H,6,9-13H2,1H3. The fraction of sp³-hybridized carbons (Fsp3) is 0.389. The second-order valence-electron chi connectivity index (χ2n) is 5.77. The number of hydrogen-bond acceptors (Lipinski definition) is 6. The summed E-state index contributed by atoms with van der Waals surface area (Å²) in [5.41, 5.74) is 1.73. The summed E-state index contributed by atoms with van der Waals surface area (Å²) in [5, 5.41) is 9.15. The highest BCUT2D eigenvalue weighted by molar-refractivity contribution is 5.49. The average molecular weight is 323 g/mol. The van der Waals surface area contributed by atoms with Crippen molar-refractivity contribution < 1.29 is 4.74 Å². The lowest BCUT2D eigenvalue weighted by Crippen LogP contribution is -2.47. The second-order valence-corrected chi connectivity index (χ2v) is 5.77. The molecule has 0 aliphatic carbocycles. The van der Waals surface area contributed by atoms with Crippen molar-refractivity contribution in [2.24, 2.45) is 0 Å². The van der Waals surface area contributed by atoms with Gasteiger partial charge in [0.1, 0.15) is 11.8 Å². The lowest BCUT2D eigenvalue weighted by molar-refractivity contribution is 0.260. The molecule has 24 heavy (non-hydrogen) atoms. The van der Waals surface area contributed by atoms with E-state index in [4.69, 9.17) is 10.00 Å². The molecule has 6 heteroatoms. The molecule has 0 unspecified atom stereocenters. The molecule has 0 spiro atoms. The molecule has 0 saturated carbocycles. The zero-order chi connectivity index (χ0) is 16.8. The van der Waals surface area contributed by atoms with E-state index in [2.05, 4.69) is 38.0 Å². The Hall–Kier alpha value is -2.65. The first-order chi connectivity index (χ1) is 11.8. The van der Waals surface area contributed by atoms with Crippen LogP contribution in [0.25, 0.3) is 0 Å². The minimum absolute atomic E-state index is 0.407. The number of nitrogens with zero attached hydrogens (tertiary/aromatic N) is 5. The van der Waals surface area contributed by atoms with Crippen LogP contribution in [0.2, 0.25) is 0 Å². The van der Waals surface area contributed by atoms with Crippen LogP contribution >= 0.6 is 0 Å². The molecule has 2 heterocycles. The minimum atomic E-state index is 0.407. The van der Waals surface area contributed by atoms with Crippen molar-refractivity contribution in [3.8, 4) is 11.8 Å². The van der Waals surface area contributed by atoms with E-state index in [1.54, 1.807) is 19.5 Å². The highest BCUT2D eigenvalue weighted by Gasteiger charge is 2.20. The number of hydrogen-bond donors (Lipinski definition) is 0. The number of ether oxygens (including phenoxy) is 1. The summed E-state index contributed by atoms with van der Waals surface area (Å²) in [5.74, 6) is 1.60. The predicted molar refractivity (Wildman–Crippen MR) is 92.1 cm³/mol. The van der Waals surface area contributed by atoms with Crippen molar-refractivity contribution in [3.05, 3.63) is 47.9 Å². The van der Waals surface area contributed by atoms with E-state index in [0.717, 1.165) is 44.9 Å². The number of nitriles is 1. The first-order valence-corrected chi connectivity index (χ1v) is 8.11. The molecule has 1 aliphatic heterocycles. The van der Waals surface area contributed by atoms with Crippen LogP contribution in [0.4, 0.5) is 5.82 Å².